The van der Waals surface area contributed by atoms with E-state index in [9.17, 15) is 19.5 Å². The average molecular weight is 628 g/mol. The number of hydrogen-bond acceptors (Lipinski definition) is 4. The number of carbonyl (C=O) groups is 3. The van der Waals surface area contributed by atoms with Crippen molar-refractivity contribution in [3.63, 3.8) is 0 Å². The van der Waals surface area contributed by atoms with Crippen molar-refractivity contribution in [2.45, 2.75) is 37.6 Å². The number of rotatable bonds is 6. The van der Waals surface area contributed by atoms with E-state index in [1.165, 1.54) is 59.0 Å². The molecule has 0 unspecified atom stereocenters. The molecule has 48 heavy (non-hydrogen) atoms. The van der Waals surface area contributed by atoms with E-state index in [1.54, 1.807) is 6.08 Å². The van der Waals surface area contributed by atoms with Gasteiger partial charge in [0.1, 0.15) is 0 Å². The molecule has 2 atom stereocenters. The largest absolute Gasteiger partial charge is 0.478 e. The zero-order valence-corrected chi connectivity index (χ0v) is 26.3. The maximum Gasteiger partial charge on any atom is 0.335 e. The highest BCUT2D eigenvalue weighted by Gasteiger charge is 2.41. The Labute approximate surface area is 279 Å². The maximum atomic E-state index is 13.2. The van der Waals surface area contributed by atoms with E-state index in [2.05, 4.69) is 95.9 Å². The van der Waals surface area contributed by atoms with E-state index < -0.39 is 11.8 Å². The molecule has 8 rings (SSSR count). The molecular formula is C43H33NO4. The van der Waals surface area contributed by atoms with Gasteiger partial charge in [-0.05, 0) is 101 Å². The van der Waals surface area contributed by atoms with Crippen LogP contribution < -0.4 is 4.90 Å². The number of hydrogen-bond donors (Lipinski definition) is 1. The van der Waals surface area contributed by atoms with E-state index in [0.717, 1.165) is 29.7 Å². The second kappa shape index (κ2) is 12.1. The Morgan fingerprint density at radius 2 is 1.31 bits per heavy atom. The van der Waals surface area contributed by atoms with Crippen LogP contribution in [0.4, 0.5) is 11.4 Å². The summed E-state index contributed by atoms with van der Waals surface area (Å²) in [6, 6.07) is 40.5. The highest BCUT2D eigenvalue weighted by Crippen LogP contribution is 2.51. The number of carboxylic acid groups (broad SMARTS) is 1. The number of Topliss-reactive ketones (excluding diaryl/α,β-unsaturated/α-hetero) is 2. The van der Waals surface area contributed by atoms with Crippen LogP contribution in [0.2, 0.25) is 0 Å². The second-order valence-electron chi connectivity index (χ2n) is 12.8. The summed E-state index contributed by atoms with van der Waals surface area (Å²) in [5.41, 5.74) is 9.52. The molecule has 234 valence electrons. The van der Waals surface area contributed by atoms with Crippen LogP contribution in [0.25, 0.3) is 17.7 Å². The van der Waals surface area contributed by atoms with Crippen molar-refractivity contribution in [2.75, 3.05) is 4.90 Å². The molecule has 1 fully saturated rings. The first kappa shape index (κ1) is 29.6. The number of aromatic carboxylic acids is 1. The molecule has 0 aromatic heterocycles. The Morgan fingerprint density at radius 3 is 2.00 bits per heavy atom. The third kappa shape index (κ3) is 5.18. The summed E-state index contributed by atoms with van der Waals surface area (Å²) in [6.07, 6.45) is 8.46. The summed E-state index contributed by atoms with van der Waals surface area (Å²) in [4.78, 5) is 40.4. The standard InChI is InChI=1S/C43H33NO4/c45-41-34-21-18-31(43(47)48)26-37(34)42(46)38(41)25-28-17-22-40-36(24-28)33-13-7-8-14-39(33)44(40)32-19-15-27(16-20-32)23-35(29-9-3-1-4-10-29)30-11-5-2-6-12-30/h1-6,9-12,15-26,33,39H,7-8,13-14H2,(H,47,48)/b38-25+/t33-,39-/m1/s1. The zero-order valence-electron chi connectivity index (χ0n) is 26.3. The Kier molecular flexibility index (Phi) is 7.45. The lowest BCUT2D eigenvalue weighted by Gasteiger charge is -2.33. The molecule has 1 saturated carbocycles. The van der Waals surface area contributed by atoms with Gasteiger partial charge in [0, 0.05) is 34.5 Å². The number of anilines is 2. The molecule has 0 bridgehead atoms. The van der Waals surface area contributed by atoms with Crippen molar-refractivity contribution >= 4 is 46.6 Å². The normalized spacial score (nSPS) is 18.8. The van der Waals surface area contributed by atoms with E-state index in [1.807, 2.05) is 18.2 Å². The highest BCUT2D eigenvalue weighted by atomic mass is 16.4. The number of carbonyl (C=O) groups excluding carboxylic acids is 2. The molecule has 2 aliphatic carbocycles. The van der Waals surface area contributed by atoms with Crippen LogP contribution in [-0.2, 0) is 0 Å². The van der Waals surface area contributed by atoms with E-state index in [0.29, 0.717) is 12.0 Å². The van der Waals surface area contributed by atoms with Crippen molar-refractivity contribution in [1.29, 1.82) is 0 Å². The topological polar surface area (TPSA) is 74.7 Å². The Morgan fingerprint density at radius 1 is 0.667 bits per heavy atom. The molecular weight excluding hydrogens is 594 g/mol. The second-order valence-corrected chi connectivity index (χ2v) is 12.8. The van der Waals surface area contributed by atoms with Crippen molar-refractivity contribution in [2.24, 2.45) is 0 Å². The first-order valence-electron chi connectivity index (χ1n) is 16.5. The minimum atomic E-state index is -1.13. The third-order valence-corrected chi connectivity index (χ3v) is 9.98. The van der Waals surface area contributed by atoms with Gasteiger partial charge in [0.2, 0.25) is 0 Å². The highest BCUT2D eigenvalue weighted by molar-refractivity contribution is 6.41. The molecule has 0 saturated heterocycles. The van der Waals surface area contributed by atoms with Crippen LogP contribution in [0.5, 0.6) is 0 Å². The van der Waals surface area contributed by atoms with E-state index >= 15 is 0 Å². The quantitative estimate of drug-likeness (QED) is 0.115. The van der Waals surface area contributed by atoms with Gasteiger partial charge in [-0.3, -0.25) is 9.59 Å². The molecule has 0 spiro atoms. The van der Waals surface area contributed by atoms with Crippen molar-refractivity contribution in [1.82, 2.24) is 0 Å². The van der Waals surface area contributed by atoms with Crippen molar-refractivity contribution in [3.8, 4) is 0 Å². The van der Waals surface area contributed by atoms with Gasteiger partial charge in [0.25, 0.3) is 0 Å². The number of ketones is 2. The summed E-state index contributed by atoms with van der Waals surface area (Å²) in [5.74, 6) is -1.55. The number of benzene rings is 5. The van der Waals surface area contributed by atoms with Gasteiger partial charge in [-0.25, -0.2) is 4.79 Å². The van der Waals surface area contributed by atoms with Gasteiger partial charge in [0.15, 0.2) is 11.6 Å². The zero-order chi connectivity index (χ0) is 32.8. The SMILES string of the molecule is O=C(O)c1ccc2c(c1)C(=O)/C(=C/c1ccc3c(c1)[C@H]1CCCC[C@H]1N3c1ccc(C=C(c3ccccc3)c3ccccc3)cc1)C2=O. The van der Waals surface area contributed by atoms with Crippen molar-refractivity contribution < 1.29 is 19.5 Å². The van der Waals surface area contributed by atoms with E-state index in [4.69, 9.17) is 0 Å². The lowest BCUT2D eigenvalue weighted by Crippen LogP contribution is -2.32. The van der Waals surface area contributed by atoms with Crippen LogP contribution in [-0.4, -0.2) is 28.7 Å². The summed E-state index contributed by atoms with van der Waals surface area (Å²) >= 11 is 0. The summed E-state index contributed by atoms with van der Waals surface area (Å²) in [7, 11) is 0. The van der Waals surface area contributed by atoms with Crippen LogP contribution in [0.3, 0.4) is 0 Å². The number of allylic oxidation sites excluding steroid dienone is 1. The summed E-state index contributed by atoms with van der Waals surface area (Å²) in [5, 5.41) is 9.37. The molecule has 5 nitrogen and oxygen atoms in total. The minimum absolute atomic E-state index is 0.00556. The van der Waals surface area contributed by atoms with Gasteiger partial charge in [-0.15, -0.1) is 0 Å². The van der Waals surface area contributed by atoms with Crippen LogP contribution >= 0.6 is 0 Å². The van der Waals surface area contributed by atoms with Crippen molar-refractivity contribution in [3.05, 3.63) is 171 Å². The first-order chi connectivity index (χ1) is 23.5. The predicted octanol–water partition coefficient (Wildman–Crippen LogP) is 9.61. The van der Waals surface area contributed by atoms with E-state index in [-0.39, 0.29) is 28.0 Å². The smallest absolute Gasteiger partial charge is 0.335 e. The first-order valence-corrected chi connectivity index (χ1v) is 16.5. The molecule has 0 amide bonds. The molecule has 3 aliphatic rings. The molecule has 5 aromatic rings. The fourth-order valence-corrected chi connectivity index (χ4v) is 7.69. The van der Waals surface area contributed by atoms with Gasteiger partial charge in [-0.1, -0.05) is 91.7 Å². The fourth-order valence-electron chi connectivity index (χ4n) is 7.69. The van der Waals surface area contributed by atoms with Gasteiger partial charge >= 0.3 is 5.97 Å². The fraction of sp³-hybridized carbons (Fsp3) is 0.140. The van der Waals surface area contributed by atoms with Gasteiger partial charge in [0.05, 0.1) is 11.1 Å². The minimum Gasteiger partial charge on any atom is -0.478 e. The molecule has 1 heterocycles. The number of nitrogens with zero attached hydrogens (tertiary/aromatic N) is 1. The van der Waals surface area contributed by atoms with Crippen LogP contribution in [0.1, 0.15) is 90.5 Å². The predicted molar refractivity (Wildman–Crippen MR) is 190 cm³/mol. The monoisotopic (exact) mass is 627 g/mol. The summed E-state index contributed by atoms with van der Waals surface area (Å²) < 4.78 is 0. The van der Waals surface area contributed by atoms with Crippen LogP contribution in [0.15, 0.2) is 127 Å². The molecule has 1 aliphatic heterocycles. The average Bonchev–Trinajstić information content (AvgIpc) is 3.58. The number of fused-ring (bicyclic) bond motifs is 4. The number of carboxylic acids is 1. The summed E-state index contributed by atoms with van der Waals surface area (Å²) in [6.45, 7) is 0. The molecule has 5 aromatic carbocycles. The van der Waals surface area contributed by atoms with Gasteiger partial charge < -0.3 is 10.0 Å². The van der Waals surface area contributed by atoms with Crippen LogP contribution in [0, 0.1) is 0 Å². The molecule has 1 N–H and O–H groups in total. The Hall–Kier alpha value is -5.81. The Balaban J connectivity index is 1.12. The lowest BCUT2D eigenvalue weighted by atomic mass is 9.82. The Bertz CT molecular complexity index is 2100. The third-order valence-electron chi connectivity index (χ3n) is 9.98. The maximum absolute atomic E-state index is 13.2. The van der Waals surface area contributed by atoms with Gasteiger partial charge in [-0.2, -0.15) is 0 Å². The molecule has 5 heteroatoms. The molecule has 0 radical (unpaired) electrons. The lowest BCUT2D eigenvalue weighted by molar-refractivity contribution is 0.0696.